The Balaban J connectivity index is 0.000000371. The topological polar surface area (TPSA) is 0 Å². The first-order valence-electron chi connectivity index (χ1n) is 4.84. The molecule has 62 valence electrons. The average Bonchev–Trinajstić information content (AvgIpc) is 2.39. The molecule has 2 atom stereocenters. The van der Waals surface area contributed by atoms with Gasteiger partial charge in [-0.25, -0.2) is 0 Å². The normalized spacial score (nSPS) is 31.2. The van der Waals surface area contributed by atoms with Crippen LogP contribution in [0.1, 0.15) is 53.4 Å². The van der Waals surface area contributed by atoms with Crippen LogP contribution in [-0.2, 0) is 0 Å². The Bertz CT molecular complexity index is 66.4. The van der Waals surface area contributed by atoms with Gasteiger partial charge in [0.25, 0.3) is 0 Å². The molecule has 1 aliphatic carbocycles. The van der Waals surface area contributed by atoms with E-state index in [0.29, 0.717) is 0 Å². The van der Waals surface area contributed by atoms with Gasteiger partial charge in [-0.15, -0.1) is 0 Å². The van der Waals surface area contributed by atoms with Gasteiger partial charge in [0.2, 0.25) is 0 Å². The largest absolute Gasteiger partial charge is 0.0683 e. The Morgan fingerprint density at radius 1 is 1.20 bits per heavy atom. The van der Waals surface area contributed by atoms with Crippen molar-refractivity contribution in [1.29, 1.82) is 0 Å². The molecule has 0 N–H and O–H groups in total. The zero-order valence-corrected chi connectivity index (χ0v) is 7.98. The van der Waals surface area contributed by atoms with Crippen LogP contribution in [0.3, 0.4) is 0 Å². The fourth-order valence-electron chi connectivity index (χ4n) is 1.83. The second-order valence-electron chi connectivity index (χ2n) is 3.08. The quantitative estimate of drug-likeness (QED) is 0.521. The highest BCUT2D eigenvalue weighted by Gasteiger charge is 2.20. The van der Waals surface area contributed by atoms with E-state index in [1.54, 1.807) is 0 Å². The first-order valence-corrected chi connectivity index (χ1v) is 4.84. The van der Waals surface area contributed by atoms with Gasteiger partial charge < -0.3 is 0 Å². The van der Waals surface area contributed by atoms with Crippen molar-refractivity contribution in [1.82, 2.24) is 0 Å². The zero-order chi connectivity index (χ0) is 7.98. The second-order valence-corrected chi connectivity index (χ2v) is 3.08. The minimum atomic E-state index is 1.03. The average molecular weight is 142 g/mol. The van der Waals surface area contributed by atoms with Crippen molar-refractivity contribution in [2.75, 3.05) is 0 Å². The van der Waals surface area contributed by atoms with E-state index in [1.165, 1.54) is 25.7 Å². The van der Waals surface area contributed by atoms with Crippen molar-refractivity contribution in [2.45, 2.75) is 53.4 Å². The second kappa shape index (κ2) is 5.76. The van der Waals surface area contributed by atoms with Gasteiger partial charge in [-0.3, -0.25) is 0 Å². The number of hydrogen-bond acceptors (Lipinski definition) is 0. The maximum atomic E-state index is 2.39. The van der Waals surface area contributed by atoms with Gasteiger partial charge in [-0.2, -0.15) is 0 Å². The Kier molecular flexibility index (Phi) is 5.76. The molecule has 1 rings (SSSR count). The first kappa shape index (κ1) is 10.0. The van der Waals surface area contributed by atoms with Gasteiger partial charge in [0.05, 0.1) is 0 Å². The molecule has 1 aliphatic rings. The highest BCUT2D eigenvalue weighted by molar-refractivity contribution is 4.72. The monoisotopic (exact) mass is 142 g/mol. The molecule has 0 heterocycles. The molecule has 1 fully saturated rings. The fraction of sp³-hybridized carbons (Fsp3) is 1.00. The Hall–Kier alpha value is 0. The summed E-state index contributed by atoms with van der Waals surface area (Å²) in [5, 5.41) is 0. The van der Waals surface area contributed by atoms with Crippen molar-refractivity contribution < 1.29 is 0 Å². The minimum Gasteiger partial charge on any atom is -0.0683 e. The predicted molar refractivity (Wildman–Crippen MR) is 48.1 cm³/mol. The summed E-state index contributed by atoms with van der Waals surface area (Å²) >= 11 is 0. The molecule has 0 unspecified atom stereocenters. The minimum absolute atomic E-state index is 1.03. The van der Waals surface area contributed by atoms with Crippen molar-refractivity contribution in [3.05, 3.63) is 0 Å². The van der Waals surface area contributed by atoms with Crippen LogP contribution in [0.25, 0.3) is 0 Å². The lowest BCUT2D eigenvalue weighted by molar-refractivity contribution is 0.407. The summed E-state index contributed by atoms with van der Waals surface area (Å²) in [5.41, 5.74) is 0. The number of rotatable bonds is 1. The van der Waals surface area contributed by atoms with Crippen LogP contribution in [0, 0.1) is 11.8 Å². The molecule has 0 nitrogen and oxygen atoms in total. The van der Waals surface area contributed by atoms with Crippen LogP contribution in [-0.4, -0.2) is 0 Å². The molecule has 10 heavy (non-hydrogen) atoms. The standard InChI is InChI=1S/C8H16.C2H6/c1-3-8-6-4-5-7(8)2;1-2/h7-8H,3-6H2,1-2H3;1-2H3/t7-,8-;/m1./s1. The molecule has 0 aromatic carbocycles. The molecule has 0 spiro atoms. The molecule has 0 bridgehead atoms. The van der Waals surface area contributed by atoms with Gasteiger partial charge in [-0.05, 0) is 11.8 Å². The third kappa shape index (κ3) is 2.72. The molecule has 0 aromatic heterocycles. The van der Waals surface area contributed by atoms with Gasteiger partial charge >= 0.3 is 0 Å². The summed E-state index contributed by atoms with van der Waals surface area (Å²) in [6, 6.07) is 0. The van der Waals surface area contributed by atoms with Gasteiger partial charge in [0, 0.05) is 0 Å². The van der Waals surface area contributed by atoms with Crippen LogP contribution in [0.5, 0.6) is 0 Å². The molecule has 0 aromatic rings. The lowest BCUT2D eigenvalue weighted by Gasteiger charge is -2.10. The molecular weight excluding hydrogens is 120 g/mol. The highest BCUT2D eigenvalue weighted by atomic mass is 14.3. The molecule has 0 aliphatic heterocycles. The number of hydrogen-bond donors (Lipinski definition) is 0. The zero-order valence-electron chi connectivity index (χ0n) is 7.98. The van der Waals surface area contributed by atoms with E-state index < -0.39 is 0 Å². The van der Waals surface area contributed by atoms with Gasteiger partial charge in [-0.1, -0.05) is 53.4 Å². The van der Waals surface area contributed by atoms with Crippen LogP contribution in [0.2, 0.25) is 0 Å². The van der Waals surface area contributed by atoms with E-state index in [4.69, 9.17) is 0 Å². The Labute approximate surface area is 66.0 Å². The highest BCUT2D eigenvalue weighted by Crippen LogP contribution is 2.32. The third-order valence-corrected chi connectivity index (χ3v) is 2.56. The Morgan fingerprint density at radius 3 is 2.00 bits per heavy atom. The van der Waals surface area contributed by atoms with Gasteiger partial charge in [0.15, 0.2) is 0 Å². The summed E-state index contributed by atoms with van der Waals surface area (Å²) in [7, 11) is 0. The summed E-state index contributed by atoms with van der Waals surface area (Å²) < 4.78 is 0. The van der Waals surface area contributed by atoms with Crippen molar-refractivity contribution in [3.63, 3.8) is 0 Å². The maximum absolute atomic E-state index is 2.39. The molecule has 0 amide bonds. The van der Waals surface area contributed by atoms with E-state index in [-0.39, 0.29) is 0 Å². The summed E-state index contributed by atoms with van der Waals surface area (Å²) in [5.74, 6) is 2.09. The van der Waals surface area contributed by atoms with Crippen molar-refractivity contribution in [2.24, 2.45) is 11.8 Å². The maximum Gasteiger partial charge on any atom is -0.0391 e. The van der Waals surface area contributed by atoms with Crippen LogP contribution >= 0.6 is 0 Å². The smallest absolute Gasteiger partial charge is 0.0391 e. The summed E-state index contributed by atoms with van der Waals surface area (Å²) in [6.07, 6.45) is 5.87. The molecule has 0 heteroatoms. The molecule has 0 radical (unpaired) electrons. The van der Waals surface area contributed by atoms with Crippen LogP contribution in [0.4, 0.5) is 0 Å². The Morgan fingerprint density at radius 2 is 1.80 bits per heavy atom. The first-order chi connectivity index (χ1) is 4.84. The van der Waals surface area contributed by atoms with E-state index in [0.717, 1.165) is 11.8 Å². The molecule has 1 saturated carbocycles. The molecular formula is C10H22. The summed E-state index contributed by atoms with van der Waals surface area (Å²) in [6.45, 7) is 8.70. The van der Waals surface area contributed by atoms with Crippen LogP contribution < -0.4 is 0 Å². The van der Waals surface area contributed by atoms with E-state index in [1.807, 2.05) is 13.8 Å². The van der Waals surface area contributed by atoms with E-state index in [2.05, 4.69) is 13.8 Å². The van der Waals surface area contributed by atoms with Gasteiger partial charge in [0.1, 0.15) is 0 Å². The van der Waals surface area contributed by atoms with E-state index in [9.17, 15) is 0 Å². The lowest BCUT2D eigenvalue weighted by Crippen LogP contribution is -2.00. The SMILES string of the molecule is CC.CC[C@@H]1CCC[C@H]1C. The van der Waals surface area contributed by atoms with E-state index >= 15 is 0 Å². The predicted octanol–water partition coefficient (Wildman–Crippen LogP) is 3.86. The third-order valence-electron chi connectivity index (χ3n) is 2.56. The summed E-state index contributed by atoms with van der Waals surface area (Å²) in [4.78, 5) is 0. The van der Waals surface area contributed by atoms with Crippen molar-refractivity contribution >= 4 is 0 Å². The van der Waals surface area contributed by atoms with Crippen molar-refractivity contribution in [3.8, 4) is 0 Å². The lowest BCUT2D eigenvalue weighted by atomic mass is 9.96. The van der Waals surface area contributed by atoms with Crippen LogP contribution in [0.15, 0.2) is 0 Å². The fourth-order valence-corrected chi connectivity index (χ4v) is 1.83. The molecule has 0 saturated heterocycles.